The van der Waals surface area contributed by atoms with Crippen molar-refractivity contribution in [3.8, 4) is 0 Å². The lowest BCUT2D eigenvalue weighted by molar-refractivity contribution is -0.323. The van der Waals surface area contributed by atoms with E-state index in [1.54, 1.807) is 0 Å². The van der Waals surface area contributed by atoms with Gasteiger partial charge in [0, 0.05) is 11.1 Å². The molecule has 2 aromatic rings. The molecule has 2 rings (SSSR count). The van der Waals surface area contributed by atoms with E-state index in [4.69, 9.17) is 34.7 Å². The van der Waals surface area contributed by atoms with E-state index < -0.39 is 38.9 Å². The van der Waals surface area contributed by atoms with E-state index in [0.29, 0.717) is 12.1 Å². The van der Waals surface area contributed by atoms with Crippen molar-refractivity contribution < 1.29 is 26.3 Å². The summed E-state index contributed by atoms with van der Waals surface area (Å²) in [5.41, 5.74) is 3.31. The molecule has 0 aliphatic rings. The fourth-order valence-electron chi connectivity index (χ4n) is 2.31. The second-order valence-electron chi connectivity index (χ2n) is 5.15. The van der Waals surface area contributed by atoms with E-state index in [9.17, 15) is 22.0 Å². The third kappa shape index (κ3) is 2.87. The highest BCUT2D eigenvalue weighted by atomic mass is 35.5. The molecule has 0 heterocycles. The van der Waals surface area contributed by atoms with Crippen molar-refractivity contribution in [2.45, 2.75) is 17.8 Å². The van der Waals surface area contributed by atoms with Crippen LogP contribution in [-0.4, -0.2) is 12.1 Å². The Morgan fingerprint density at radius 1 is 0.680 bits per heavy atom. The maximum atomic E-state index is 15.7. The van der Waals surface area contributed by atoms with Crippen LogP contribution < -0.4 is 11.5 Å². The molecule has 0 radical (unpaired) electrons. The molecular weight excluding hydrogens is 393 g/mol. The molecule has 0 unspecified atom stereocenters. The summed E-state index contributed by atoms with van der Waals surface area (Å²) in [6.45, 7) is 0. The standard InChI is InChI=1S/C15H10Cl2F6N2/c16-11-7(3-1-5-9(11)24)13(18,14(19,20)15(21,22)23)8-4-2-6-10(25)12(8)17/h1-6H,24-25H2. The minimum Gasteiger partial charge on any atom is -0.398 e. The Bertz CT molecular complexity index is 756. The van der Waals surface area contributed by atoms with Crippen molar-refractivity contribution in [1.29, 1.82) is 0 Å². The number of benzene rings is 2. The molecular formula is C15H10Cl2F6N2. The van der Waals surface area contributed by atoms with Gasteiger partial charge in [-0.1, -0.05) is 47.5 Å². The van der Waals surface area contributed by atoms with Gasteiger partial charge in [0.1, 0.15) is 0 Å². The van der Waals surface area contributed by atoms with Gasteiger partial charge < -0.3 is 11.5 Å². The third-order valence-corrected chi connectivity index (χ3v) is 4.43. The summed E-state index contributed by atoms with van der Waals surface area (Å²) in [5.74, 6) is -5.88. The van der Waals surface area contributed by atoms with Crippen LogP contribution >= 0.6 is 23.2 Å². The van der Waals surface area contributed by atoms with E-state index in [1.807, 2.05) is 0 Å². The molecule has 2 aromatic carbocycles. The summed E-state index contributed by atoms with van der Waals surface area (Å²) >= 11 is 11.5. The Balaban J connectivity index is 2.96. The number of hydrogen-bond donors (Lipinski definition) is 2. The van der Waals surface area contributed by atoms with Crippen molar-refractivity contribution in [3.63, 3.8) is 0 Å². The summed E-state index contributed by atoms with van der Waals surface area (Å²) < 4.78 is 83.3. The molecule has 25 heavy (non-hydrogen) atoms. The van der Waals surface area contributed by atoms with Crippen LogP contribution in [-0.2, 0) is 5.67 Å². The monoisotopic (exact) mass is 402 g/mol. The van der Waals surface area contributed by atoms with Crippen LogP contribution in [0.4, 0.5) is 37.7 Å². The molecule has 2 nitrogen and oxygen atoms in total. The van der Waals surface area contributed by atoms with Crippen LogP contribution in [0, 0.1) is 0 Å². The van der Waals surface area contributed by atoms with Crippen molar-refractivity contribution in [1.82, 2.24) is 0 Å². The topological polar surface area (TPSA) is 52.0 Å². The maximum Gasteiger partial charge on any atom is 0.457 e. The number of nitrogens with two attached hydrogens (primary N) is 2. The molecule has 0 saturated carbocycles. The minimum absolute atomic E-state index is 0.376. The molecule has 0 fully saturated rings. The lowest BCUT2D eigenvalue weighted by atomic mass is 9.81. The highest BCUT2D eigenvalue weighted by Gasteiger charge is 2.73. The average molecular weight is 403 g/mol. The van der Waals surface area contributed by atoms with E-state index in [2.05, 4.69) is 0 Å². The lowest BCUT2D eigenvalue weighted by Crippen LogP contribution is -2.53. The summed E-state index contributed by atoms with van der Waals surface area (Å²) in [4.78, 5) is 0. The number of halogens is 8. The largest absolute Gasteiger partial charge is 0.457 e. The zero-order chi connectivity index (χ0) is 19.2. The van der Waals surface area contributed by atoms with Crippen LogP contribution in [0.5, 0.6) is 0 Å². The van der Waals surface area contributed by atoms with Crippen molar-refractivity contribution in [2.75, 3.05) is 11.5 Å². The molecule has 0 bridgehead atoms. The molecule has 0 aromatic heterocycles. The summed E-state index contributed by atoms with van der Waals surface area (Å²) in [7, 11) is 0. The third-order valence-electron chi connectivity index (χ3n) is 3.59. The summed E-state index contributed by atoms with van der Waals surface area (Å²) in [5, 5.41) is -1.57. The van der Waals surface area contributed by atoms with E-state index in [1.165, 1.54) is 0 Å². The van der Waals surface area contributed by atoms with Gasteiger partial charge in [-0.3, -0.25) is 0 Å². The number of nitrogen functional groups attached to an aromatic ring is 2. The molecule has 0 aliphatic heterocycles. The number of hydrogen-bond acceptors (Lipinski definition) is 2. The summed E-state index contributed by atoms with van der Waals surface area (Å²) in [6, 6.07) is 5.60. The fourth-order valence-corrected chi connectivity index (χ4v) is 2.82. The molecule has 10 heteroatoms. The van der Waals surface area contributed by atoms with Gasteiger partial charge in [0.25, 0.3) is 0 Å². The SMILES string of the molecule is Nc1cccc(C(F)(c2cccc(N)c2Cl)C(F)(F)C(F)(F)F)c1Cl. The Labute approximate surface area is 148 Å². The first-order chi connectivity index (χ1) is 11.4. The van der Waals surface area contributed by atoms with Crippen LogP contribution in [0.25, 0.3) is 0 Å². The predicted molar refractivity (Wildman–Crippen MR) is 84.6 cm³/mol. The van der Waals surface area contributed by atoms with Gasteiger partial charge in [0.2, 0.25) is 5.67 Å². The first-order valence-electron chi connectivity index (χ1n) is 6.58. The molecule has 0 aliphatic carbocycles. The minimum atomic E-state index is -6.25. The van der Waals surface area contributed by atoms with Gasteiger partial charge in [0.05, 0.1) is 21.4 Å². The van der Waals surface area contributed by atoms with E-state index >= 15 is 4.39 Å². The molecule has 0 amide bonds. The highest BCUT2D eigenvalue weighted by molar-refractivity contribution is 6.35. The van der Waals surface area contributed by atoms with Crippen molar-refractivity contribution in [3.05, 3.63) is 57.6 Å². The first kappa shape index (κ1) is 19.5. The zero-order valence-corrected chi connectivity index (χ0v) is 13.7. The van der Waals surface area contributed by atoms with Gasteiger partial charge in [-0.25, -0.2) is 4.39 Å². The van der Waals surface area contributed by atoms with Gasteiger partial charge >= 0.3 is 12.1 Å². The zero-order valence-electron chi connectivity index (χ0n) is 12.1. The average Bonchev–Trinajstić information content (AvgIpc) is 2.50. The van der Waals surface area contributed by atoms with Crippen molar-refractivity contribution in [2.24, 2.45) is 0 Å². The number of rotatable bonds is 3. The predicted octanol–water partition coefficient (Wildman–Crippen LogP) is 5.57. The van der Waals surface area contributed by atoms with Crippen LogP contribution in [0.1, 0.15) is 11.1 Å². The Hall–Kier alpha value is -1.80. The fraction of sp³-hybridized carbons (Fsp3) is 0.200. The van der Waals surface area contributed by atoms with E-state index in [-0.39, 0.29) is 11.4 Å². The molecule has 0 spiro atoms. The van der Waals surface area contributed by atoms with Crippen LogP contribution in [0.3, 0.4) is 0 Å². The van der Waals surface area contributed by atoms with Crippen molar-refractivity contribution >= 4 is 34.6 Å². The smallest absolute Gasteiger partial charge is 0.398 e. The Morgan fingerprint density at radius 2 is 1.04 bits per heavy atom. The molecule has 4 N–H and O–H groups in total. The van der Waals surface area contributed by atoms with Gasteiger partial charge in [-0.2, -0.15) is 22.0 Å². The number of anilines is 2. The van der Waals surface area contributed by atoms with E-state index in [0.717, 1.165) is 24.3 Å². The lowest BCUT2D eigenvalue weighted by Gasteiger charge is -2.36. The molecule has 136 valence electrons. The first-order valence-corrected chi connectivity index (χ1v) is 7.33. The molecule has 0 saturated heterocycles. The maximum absolute atomic E-state index is 15.7. The van der Waals surface area contributed by atoms with Crippen LogP contribution in [0.2, 0.25) is 10.0 Å². The molecule has 0 atom stereocenters. The van der Waals surface area contributed by atoms with Crippen LogP contribution in [0.15, 0.2) is 36.4 Å². The highest BCUT2D eigenvalue weighted by Crippen LogP contribution is 2.57. The van der Waals surface area contributed by atoms with Gasteiger partial charge in [-0.15, -0.1) is 0 Å². The quantitative estimate of drug-likeness (QED) is 0.520. The van der Waals surface area contributed by atoms with Gasteiger partial charge in [0.15, 0.2) is 0 Å². The van der Waals surface area contributed by atoms with Gasteiger partial charge in [-0.05, 0) is 12.1 Å². The number of alkyl halides is 6. The Morgan fingerprint density at radius 3 is 1.36 bits per heavy atom. The second-order valence-corrected chi connectivity index (χ2v) is 5.90. The Kier molecular flexibility index (Phi) is 4.82. The normalized spacial score (nSPS) is 13.1. The summed E-state index contributed by atoms with van der Waals surface area (Å²) in [6.07, 6.45) is -6.25. The second kappa shape index (κ2) is 6.17.